The van der Waals surface area contributed by atoms with Crippen LogP contribution in [0.25, 0.3) is 0 Å². The Morgan fingerprint density at radius 1 is 1.00 bits per heavy atom. The van der Waals surface area contributed by atoms with E-state index < -0.39 is 17.8 Å². The van der Waals surface area contributed by atoms with Crippen molar-refractivity contribution in [2.24, 2.45) is 23.7 Å². The number of carboxylic acid groups (broad SMARTS) is 1. The molecule has 0 spiro atoms. The molecule has 0 unspecified atom stereocenters. The van der Waals surface area contributed by atoms with Gasteiger partial charge in [-0.25, -0.2) is 0 Å². The highest BCUT2D eigenvalue weighted by Crippen LogP contribution is 2.46. The number of hydrogen-bond donors (Lipinski definition) is 3. The number of aliphatic carboxylic acids is 1. The fraction of sp³-hybridized carbons (Fsp3) is 0.591. The normalized spacial score (nSPS) is 28.5. The van der Waals surface area contributed by atoms with E-state index in [-0.39, 0.29) is 29.7 Å². The lowest BCUT2D eigenvalue weighted by molar-refractivity contribution is -0.151. The number of carbonyl (C=O) groups excluding carboxylic acids is 2. The highest BCUT2D eigenvalue weighted by Gasteiger charge is 2.48. The molecule has 2 bridgehead atoms. The Kier molecular flexibility index (Phi) is 5.51. The van der Waals surface area contributed by atoms with E-state index in [1.54, 1.807) is 0 Å². The van der Waals surface area contributed by atoms with E-state index in [0.29, 0.717) is 10.6 Å². The first-order chi connectivity index (χ1) is 13.9. The largest absolute Gasteiger partial charge is 0.481 e. The third-order valence-corrected chi connectivity index (χ3v) is 8.00. The molecule has 0 radical (unpaired) electrons. The molecule has 4 atom stereocenters. The highest BCUT2D eigenvalue weighted by molar-refractivity contribution is 7.16. The minimum atomic E-state index is -0.915. The van der Waals surface area contributed by atoms with Crippen LogP contribution in [0.15, 0.2) is 12.2 Å². The molecular formula is C22H28N2O4S. The van der Waals surface area contributed by atoms with Crippen LogP contribution in [0.5, 0.6) is 0 Å². The van der Waals surface area contributed by atoms with Gasteiger partial charge in [0.05, 0.1) is 17.4 Å². The molecule has 0 aromatic carbocycles. The van der Waals surface area contributed by atoms with Gasteiger partial charge in [0, 0.05) is 10.9 Å². The molecule has 7 heteroatoms. The summed E-state index contributed by atoms with van der Waals surface area (Å²) < 4.78 is 0. The molecule has 5 rings (SSSR count). The zero-order chi connectivity index (χ0) is 20.7. The first-order valence-corrected chi connectivity index (χ1v) is 11.3. The molecule has 1 heterocycles. The number of carbonyl (C=O) groups is 3. The lowest BCUT2D eigenvalue weighted by Gasteiger charge is -2.41. The number of aryl methyl sites for hydroxylation is 1. The van der Waals surface area contributed by atoms with E-state index in [4.69, 9.17) is 0 Å². The number of rotatable bonds is 5. The van der Waals surface area contributed by atoms with Gasteiger partial charge >= 0.3 is 5.97 Å². The van der Waals surface area contributed by atoms with Gasteiger partial charge in [-0.3, -0.25) is 14.4 Å². The molecule has 4 aliphatic rings. The van der Waals surface area contributed by atoms with Crippen LogP contribution in [-0.4, -0.2) is 28.9 Å². The van der Waals surface area contributed by atoms with E-state index >= 15 is 0 Å². The Hall–Kier alpha value is -2.15. The van der Waals surface area contributed by atoms with Crippen LogP contribution in [0, 0.1) is 37.5 Å². The summed E-state index contributed by atoms with van der Waals surface area (Å²) in [5.41, 5.74) is 1.40. The molecule has 2 fully saturated rings. The molecule has 2 amide bonds. The van der Waals surface area contributed by atoms with Crippen molar-refractivity contribution in [2.75, 3.05) is 5.32 Å². The summed E-state index contributed by atoms with van der Waals surface area (Å²) in [4.78, 5) is 39.0. The maximum Gasteiger partial charge on any atom is 0.307 e. The monoisotopic (exact) mass is 416 g/mol. The SMILES string of the molecule is Cc1sc(NC(=O)[C@@H]2[C@@H](C(=O)O)[C@H]3C=C[C@H]2CC3)c(C(=O)NC2CCCC2)c1C. The van der Waals surface area contributed by atoms with Gasteiger partial charge in [0.1, 0.15) is 5.00 Å². The first kappa shape index (κ1) is 20.1. The molecule has 0 saturated heterocycles. The Morgan fingerprint density at radius 2 is 1.62 bits per heavy atom. The van der Waals surface area contributed by atoms with Crippen molar-refractivity contribution in [2.45, 2.75) is 58.4 Å². The maximum absolute atomic E-state index is 13.2. The maximum atomic E-state index is 13.2. The summed E-state index contributed by atoms with van der Waals surface area (Å²) in [6.07, 6.45) is 9.84. The molecule has 1 aromatic rings. The molecule has 3 N–H and O–H groups in total. The van der Waals surface area contributed by atoms with Crippen LogP contribution in [0.3, 0.4) is 0 Å². The molecule has 156 valence electrons. The van der Waals surface area contributed by atoms with Gasteiger partial charge in [-0.2, -0.15) is 0 Å². The van der Waals surface area contributed by atoms with Gasteiger partial charge in [0.25, 0.3) is 5.91 Å². The molecular weight excluding hydrogens is 388 g/mol. The third kappa shape index (κ3) is 3.72. The Balaban J connectivity index is 1.57. The average molecular weight is 417 g/mol. The summed E-state index contributed by atoms with van der Waals surface area (Å²) in [7, 11) is 0. The van der Waals surface area contributed by atoms with Crippen molar-refractivity contribution in [3.8, 4) is 0 Å². The van der Waals surface area contributed by atoms with Crippen molar-refractivity contribution in [3.05, 3.63) is 28.2 Å². The van der Waals surface area contributed by atoms with Gasteiger partial charge in [-0.05, 0) is 56.9 Å². The fourth-order valence-electron chi connectivity index (χ4n) is 5.20. The summed E-state index contributed by atoms with van der Waals surface area (Å²) in [5, 5.41) is 16.3. The average Bonchev–Trinajstić information content (AvgIpc) is 3.29. The predicted octanol–water partition coefficient (Wildman–Crippen LogP) is 3.89. The van der Waals surface area contributed by atoms with Crippen molar-refractivity contribution < 1.29 is 19.5 Å². The first-order valence-electron chi connectivity index (χ1n) is 10.5. The van der Waals surface area contributed by atoms with Crippen molar-refractivity contribution in [3.63, 3.8) is 0 Å². The standard InChI is InChI=1S/C22H28N2O4S/c1-11-12(2)29-21(16(11)19(25)23-15-5-3-4-6-15)24-20(26)17-13-7-9-14(10-8-13)18(17)22(27)28/h7,9,13-15,17-18H,3-6,8,10H2,1-2H3,(H,23,25)(H,24,26)(H,27,28)/t13-,14-,17-,18-/m0/s1. The van der Waals surface area contributed by atoms with E-state index in [1.807, 2.05) is 26.0 Å². The molecule has 1 aromatic heterocycles. The molecule has 0 aliphatic heterocycles. The third-order valence-electron chi connectivity index (χ3n) is 6.88. The number of carboxylic acids is 1. The van der Waals surface area contributed by atoms with Crippen LogP contribution in [0.1, 0.15) is 59.3 Å². The second-order valence-electron chi connectivity index (χ2n) is 8.61. The zero-order valence-corrected chi connectivity index (χ0v) is 17.7. The van der Waals surface area contributed by atoms with E-state index in [0.717, 1.165) is 49.0 Å². The van der Waals surface area contributed by atoms with Crippen molar-refractivity contribution >= 4 is 34.1 Å². The molecule has 4 aliphatic carbocycles. The van der Waals surface area contributed by atoms with E-state index in [9.17, 15) is 19.5 Å². The number of anilines is 1. The summed E-state index contributed by atoms with van der Waals surface area (Å²) >= 11 is 1.39. The summed E-state index contributed by atoms with van der Waals surface area (Å²) in [6, 6.07) is 0.196. The molecule has 6 nitrogen and oxygen atoms in total. The number of thiophene rings is 1. The van der Waals surface area contributed by atoms with E-state index in [1.165, 1.54) is 11.3 Å². The van der Waals surface area contributed by atoms with Gasteiger partial charge in [-0.15, -0.1) is 11.3 Å². The molecule has 29 heavy (non-hydrogen) atoms. The van der Waals surface area contributed by atoms with Gasteiger partial charge in [0.2, 0.25) is 5.91 Å². The highest BCUT2D eigenvalue weighted by atomic mass is 32.1. The lowest BCUT2D eigenvalue weighted by atomic mass is 9.62. The number of amides is 2. The minimum Gasteiger partial charge on any atom is -0.481 e. The van der Waals surface area contributed by atoms with Gasteiger partial charge < -0.3 is 15.7 Å². The van der Waals surface area contributed by atoms with Crippen LogP contribution >= 0.6 is 11.3 Å². The Morgan fingerprint density at radius 3 is 2.21 bits per heavy atom. The molecule has 2 saturated carbocycles. The second-order valence-corrected chi connectivity index (χ2v) is 9.84. The number of hydrogen-bond acceptors (Lipinski definition) is 4. The second kappa shape index (κ2) is 7.94. The van der Waals surface area contributed by atoms with Crippen molar-refractivity contribution in [1.82, 2.24) is 5.32 Å². The van der Waals surface area contributed by atoms with Crippen molar-refractivity contribution in [1.29, 1.82) is 0 Å². The van der Waals surface area contributed by atoms with Crippen LogP contribution < -0.4 is 10.6 Å². The number of fused-ring (bicyclic) bond motifs is 2. The fourth-order valence-corrected chi connectivity index (χ4v) is 6.26. The Bertz CT molecular complexity index is 868. The van der Waals surface area contributed by atoms with Crippen LogP contribution in [0.4, 0.5) is 5.00 Å². The van der Waals surface area contributed by atoms with E-state index in [2.05, 4.69) is 10.6 Å². The van der Waals surface area contributed by atoms with Gasteiger partial charge in [0.15, 0.2) is 0 Å². The zero-order valence-electron chi connectivity index (χ0n) is 16.9. The number of nitrogens with one attached hydrogen (secondary N) is 2. The predicted molar refractivity (Wildman–Crippen MR) is 112 cm³/mol. The van der Waals surface area contributed by atoms with Crippen LogP contribution in [0.2, 0.25) is 0 Å². The lowest BCUT2D eigenvalue weighted by Crippen LogP contribution is -2.47. The Labute approximate surface area is 174 Å². The topological polar surface area (TPSA) is 95.5 Å². The minimum absolute atomic E-state index is 0.0565. The van der Waals surface area contributed by atoms with Crippen LogP contribution in [-0.2, 0) is 9.59 Å². The quantitative estimate of drug-likeness (QED) is 0.635. The summed E-state index contributed by atoms with van der Waals surface area (Å²) in [6.45, 7) is 3.84. The van der Waals surface area contributed by atoms with Gasteiger partial charge in [-0.1, -0.05) is 25.0 Å². The smallest absolute Gasteiger partial charge is 0.307 e. The number of allylic oxidation sites excluding steroid dienone is 2. The summed E-state index contributed by atoms with van der Waals surface area (Å²) in [5.74, 6) is -2.78.